The highest BCUT2D eigenvalue weighted by Crippen LogP contribution is 2.44. The lowest BCUT2D eigenvalue weighted by atomic mass is 9.97. The highest BCUT2D eigenvalue weighted by molar-refractivity contribution is 8.16. The van der Waals surface area contributed by atoms with Gasteiger partial charge in [0.25, 0.3) is 12.6 Å². The van der Waals surface area contributed by atoms with E-state index in [9.17, 15) is 29.4 Å². The van der Waals surface area contributed by atoms with E-state index in [0.29, 0.717) is 101 Å². The summed E-state index contributed by atoms with van der Waals surface area (Å²) in [6, 6.07) is 5.00. The van der Waals surface area contributed by atoms with E-state index in [1.165, 1.54) is 35.7 Å². The fourth-order valence-corrected chi connectivity index (χ4v) is 13.3. The smallest absolute Gasteiger partial charge is 0.339 e. The van der Waals surface area contributed by atoms with Crippen molar-refractivity contribution in [3.8, 4) is 11.5 Å². The summed E-state index contributed by atoms with van der Waals surface area (Å²) in [5.41, 5.74) is -2.30. The van der Waals surface area contributed by atoms with E-state index in [0.717, 1.165) is 38.5 Å². The topological polar surface area (TPSA) is 319 Å². The molecule has 0 unspecified atom stereocenters. The molecule has 26 nitrogen and oxygen atoms in total. The average Bonchev–Trinajstić information content (AvgIpc) is 1.91. The largest absolute Gasteiger partial charge is 0.493 e. The van der Waals surface area contributed by atoms with Crippen molar-refractivity contribution in [2.24, 2.45) is 32.1 Å². The number of carbonyl (C=O) groups is 2. The van der Waals surface area contributed by atoms with Gasteiger partial charge in [-0.15, -0.1) is 23.5 Å². The van der Waals surface area contributed by atoms with E-state index in [2.05, 4.69) is 25.9 Å². The summed E-state index contributed by atoms with van der Waals surface area (Å²) in [6.07, 6.45) is -0.136. The van der Waals surface area contributed by atoms with Gasteiger partial charge in [-0.25, -0.2) is 9.59 Å². The van der Waals surface area contributed by atoms with E-state index in [1.54, 1.807) is 53.7 Å². The Kier molecular flexibility index (Phi) is 20.5. The molecule has 9 aliphatic rings. The third kappa shape index (κ3) is 16.4. The first-order valence-electron chi connectivity index (χ1n) is 30.8. The van der Waals surface area contributed by atoms with Crippen LogP contribution in [-0.2, 0) is 57.2 Å². The number of fused-ring (bicyclic) bond motifs is 4. The van der Waals surface area contributed by atoms with Gasteiger partial charge in [-0.2, -0.15) is 0 Å². The third-order valence-corrected chi connectivity index (χ3v) is 19.0. The third-order valence-electron chi connectivity index (χ3n) is 16.3. The Morgan fingerprint density at radius 1 is 0.640 bits per heavy atom. The molecule has 0 bridgehead atoms. The molecule has 28 heteroatoms. The van der Waals surface area contributed by atoms with Gasteiger partial charge in [0.1, 0.15) is 92.2 Å². The molecule has 7 fully saturated rings. The van der Waals surface area contributed by atoms with Crippen molar-refractivity contribution in [3.05, 3.63) is 56.6 Å². The fraction of sp³-hybridized carbons (Fsp3) is 0.738. The van der Waals surface area contributed by atoms with Gasteiger partial charge in [0.05, 0.1) is 50.6 Å². The summed E-state index contributed by atoms with van der Waals surface area (Å²) in [5, 5.41) is 35.9. The maximum atomic E-state index is 13.6. The minimum Gasteiger partial charge on any atom is -0.493 e. The first-order chi connectivity index (χ1) is 42.1. The Labute approximate surface area is 525 Å². The number of aliphatic hydroxyl groups excluding tert-OH is 2. The lowest BCUT2D eigenvalue weighted by Gasteiger charge is -2.47. The van der Waals surface area contributed by atoms with Gasteiger partial charge in [0, 0.05) is 23.6 Å². The molecule has 0 radical (unpaired) electrons. The van der Waals surface area contributed by atoms with Crippen molar-refractivity contribution in [2.45, 2.75) is 236 Å². The van der Waals surface area contributed by atoms with Crippen LogP contribution >= 0.6 is 23.5 Å². The van der Waals surface area contributed by atoms with Crippen molar-refractivity contribution < 1.29 is 85.7 Å². The normalized spacial score (nSPS) is 33.2. The number of ether oxygens (including phenoxy) is 10. The zero-order valence-corrected chi connectivity index (χ0v) is 54.3. The van der Waals surface area contributed by atoms with Crippen LogP contribution in [0.25, 0.3) is 0 Å². The Morgan fingerprint density at radius 2 is 1.08 bits per heavy atom. The Morgan fingerprint density at radius 3 is 1.54 bits per heavy atom. The summed E-state index contributed by atoms with van der Waals surface area (Å²) in [5.74, 6) is 0.232. The van der Waals surface area contributed by atoms with Crippen molar-refractivity contribution >= 4 is 56.8 Å². The second-order valence-corrected chi connectivity index (χ2v) is 27.8. The van der Waals surface area contributed by atoms with Gasteiger partial charge in [0.2, 0.25) is 11.8 Å². The number of aliphatic hydroxyl groups is 2. The average molecular weight is 1290 g/mol. The van der Waals surface area contributed by atoms with Crippen LogP contribution in [0.3, 0.4) is 0 Å². The van der Waals surface area contributed by atoms with Crippen LogP contribution in [0.5, 0.6) is 11.5 Å². The number of nitrogens with zero attached hydrogens (tertiary/aromatic N) is 4. The molecular weight excluding hydrogens is 1200 g/mol. The Balaban J connectivity index is 0.000000197. The van der Waals surface area contributed by atoms with Crippen LogP contribution in [0.2, 0.25) is 0 Å². The zero-order valence-electron chi connectivity index (χ0n) is 52.6. The second-order valence-electron chi connectivity index (χ2n) is 25.9. The molecule has 2 amide bonds. The van der Waals surface area contributed by atoms with E-state index in [-0.39, 0.29) is 11.8 Å². The van der Waals surface area contributed by atoms with Gasteiger partial charge < -0.3 is 86.7 Å². The maximum Gasteiger partial charge on any atom is 0.339 e. The summed E-state index contributed by atoms with van der Waals surface area (Å²) < 4.78 is 70.5. The van der Waals surface area contributed by atoms with E-state index < -0.39 is 120 Å². The predicted octanol–water partition coefficient (Wildman–Crippen LogP) is 6.36. The van der Waals surface area contributed by atoms with E-state index in [1.807, 2.05) is 41.5 Å². The molecule has 0 spiro atoms. The SMILES string of the molecule is CCC[C@@H](NC(=O)[C@]1(C)CSC(/C(C)=N/O[C@H]2O[C@@H]3COC(C)(C)O[C@H]3[C@@H]3OC(C)(C)O[C@H]23)=N1)c1cc(OCC2CC2)cc(=O)o1.CCC[C@@H](NC(=O)[C@]1(C)CSC(/C(C)=N/O[C@H]2O[C@H](CO)[C@@H](O)[C@@H]3OC(C)(C)O[C@H]23)=N1)c1cc(OCC2CC2)cc(=O)o1. The molecule has 14 atom stereocenters. The molecule has 0 aromatic carbocycles. The van der Waals surface area contributed by atoms with Gasteiger partial charge in [-0.05, 0) is 120 Å². The van der Waals surface area contributed by atoms with Crippen LogP contribution in [0.4, 0.5) is 0 Å². The minimum atomic E-state index is -1.10. The standard InChI is InChI=1S/C32H45N3O10S.C29H41N3O10S/c1-8-9-20(21-12-19(13-23(36)40-21)38-14-18-10-11-18)33-29(37)32(7)16-46-27(34-32)17(2)35-45-28-26-25(43-31(5,6)44-26)24-22(41-28)15-39-30(3,4)42-24;1-6-7-18(19-10-17(11-21(34)38-19)37-13-16-8-9-16)30-27(36)29(5)14-43-25(31-29)15(2)32-42-26-24-23(40-28(3,4)41-24)22(35)20(12-33)39-26/h12-13,18,20,22,24-26,28H,8-11,14-16H2,1-7H3,(H,33,37);10-11,16,18,20,22-24,26,33,35H,6-9,12-14H2,1-5H3,(H,30,36)/b35-17+;32-15+/t20-,22-,24-,25+,26+,28-,32+;18-,20-,22-,23+,24+,26-,29+/m11/s1. The number of amides is 2. The monoisotopic (exact) mass is 1290 g/mol. The second kappa shape index (κ2) is 27.3. The molecule has 11 rings (SSSR count). The van der Waals surface area contributed by atoms with Crippen molar-refractivity contribution in [1.29, 1.82) is 0 Å². The van der Waals surface area contributed by atoms with Crippen LogP contribution in [0.1, 0.15) is 158 Å². The summed E-state index contributed by atoms with van der Waals surface area (Å²) in [4.78, 5) is 72.8. The van der Waals surface area contributed by atoms with E-state index >= 15 is 0 Å². The van der Waals surface area contributed by atoms with Crippen molar-refractivity contribution in [3.63, 3.8) is 0 Å². The number of aliphatic imine (C=N–C) groups is 2. The Bertz CT molecular complexity index is 3130. The van der Waals surface area contributed by atoms with Crippen LogP contribution in [-0.4, -0.2) is 171 Å². The van der Waals surface area contributed by atoms with Crippen LogP contribution < -0.4 is 31.4 Å². The first kappa shape index (κ1) is 66.9. The van der Waals surface area contributed by atoms with Gasteiger partial charge in [0.15, 0.2) is 29.6 Å². The number of thioether (sulfide) groups is 2. The van der Waals surface area contributed by atoms with Crippen LogP contribution in [0, 0.1) is 11.8 Å². The number of rotatable bonds is 23. The molecule has 89 heavy (non-hydrogen) atoms. The molecule has 9 heterocycles. The Hall–Kier alpha value is -4.98. The number of hydrogen-bond donors (Lipinski definition) is 4. The number of carbonyl (C=O) groups excluding carboxylic acids is 2. The number of nitrogens with one attached hydrogen (secondary N) is 2. The molecule has 2 aliphatic carbocycles. The molecule has 2 saturated carbocycles. The molecular formula is C61H86N6O20S2. The number of oxime groups is 2. The zero-order chi connectivity index (χ0) is 63.8. The lowest BCUT2D eigenvalue weighted by molar-refractivity contribution is -0.370. The van der Waals surface area contributed by atoms with Crippen molar-refractivity contribution in [2.75, 3.05) is 37.9 Å². The van der Waals surface area contributed by atoms with Gasteiger partial charge in [-0.3, -0.25) is 19.6 Å². The summed E-state index contributed by atoms with van der Waals surface area (Å²) in [6.45, 7) is 22.8. The van der Waals surface area contributed by atoms with Gasteiger partial charge in [-0.1, -0.05) is 37.0 Å². The molecule has 2 aromatic rings. The van der Waals surface area contributed by atoms with E-state index in [4.69, 9.17) is 70.9 Å². The summed E-state index contributed by atoms with van der Waals surface area (Å²) >= 11 is 2.78. The molecule has 2 aromatic heterocycles. The highest BCUT2D eigenvalue weighted by atomic mass is 32.2. The predicted molar refractivity (Wildman–Crippen MR) is 326 cm³/mol. The minimum absolute atomic E-state index is 0.280. The number of hydrogen-bond acceptors (Lipinski definition) is 26. The molecule has 4 N–H and O–H groups in total. The maximum absolute atomic E-state index is 13.6. The molecule has 7 aliphatic heterocycles. The summed E-state index contributed by atoms with van der Waals surface area (Å²) in [7, 11) is 0. The highest BCUT2D eigenvalue weighted by Gasteiger charge is 2.60. The first-order valence-corrected chi connectivity index (χ1v) is 32.8. The molecule has 492 valence electrons. The fourth-order valence-electron chi connectivity index (χ4n) is 11.1. The lowest BCUT2D eigenvalue weighted by Crippen LogP contribution is -2.63. The van der Waals surface area contributed by atoms with Gasteiger partial charge >= 0.3 is 11.3 Å². The molecule has 5 saturated heterocycles. The quantitative estimate of drug-likeness (QED) is 0.0694. The van der Waals surface area contributed by atoms with Crippen LogP contribution in [0.15, 0.2) is 63.0 Å². The van der Waals surface area contributed by atoms with Crippen molar-refractivity contribution in [1.82, 2.24) is 10.6 Å².